The molecule has 14 aromatic rings. The standard InChI is InChI=1S/C66H38N6O/c67-39-40-21-29-60-50(35-40)48-13-3-8-20-59(48)72(60)45-28-32-63-55(38-45)66(52-15-9-33-68-64(52)65-53(66)16-10-34-69-65)54-37-42(23-31-62(54)73-63)41-22-30-61-51(36-41)49-14-4-7-19-58(49)71(61)44-26-24-43(25-27-44)70-56-17-5-1-11-46(56)47-12-2-6-18-57(47)70/h1-38H. The minimum absolute atomic E-state index is 0.631. The number of pyridine rings is 2. The Balaban J connectivity index is 0.871. The van der Waals surface area contributed by atoms with Crippen LogP contribution in [0.15, 0.2) is 231 Å². The molecule has 0 saturated heterocycles. The number of hydrogen-bond acceptors (Lipinski definition) is 4. The molecule has 0 N–H and O–H groups in total. The summed E-state index contributed by atoms with van der Waals surface area (Å²) in [6.07, 6.45) is 3.73. The van der Waals surface area contributed by atoms with Gasteiger partial charge in [-0.1, -0.05) is 97.1 Å². The summed E-state index contributed by atoms with van der Waals surface area (Å²) < 4.78 is 14.1. The molecule has 1 aliphatic carbocycles. The highest BCUT2D eigenvalue weighted by Gasteiger charge is 2.52. The van der Waals surface area contributed by atoms with E-state index >= 15 is 0 Å². The number of aromatic nitrogens is 5. The smallest absolute Gasteiger partial charge is 0.132 e. The number of benzene rings is 9. The molecule has 1 spiro atoms. The Bertz CT molecular complexity index is 4640. The molecule has 338 valence electrons. The van der Waals surface area contributed by atoms with Crippen molar-refractivity contribution in [1.29, 1.82) is 5.26 Å². The zero-order chi connectivity index (χ0) is 47.9. The second-order valence-corrected chi connectivity index (χ2v) is 19.2. The summed E-state index contributed by atoms with van der Waals surface area (Å²) in [5.41, 5.74) is 17.9. The lowest BCUT2D eigenvalue weighted by Crippen LogP contribution is -2.32. The first-order valence-electron chi connectivity index (χ1n) is 24.6. The SMILES string of the molecule is N#Cc1ccc2c(c1)c1ccccc1n2-c1ccc2c(c1)C1(c3cc(-c4ccc5c(c4)c4ccccc4n5-c4ccc(-n5c6ccccc6c6ccccc65)cc4)ccc3O2)c2cccnc2-c2ncccc21. The summed E-state index contributed by atoms with van der Waals surface area (Å²) in [6, 6.07) is 80.4. The van der Waals surface area contributed by atoms with Gasteiger partial charge in [0.1, 0.15) is 11.5 Å². The van der Waals surface area contributed by atoms with Crippen molar-refractivity contribution in [3.05, 3.63) is 259 Å². The topological polar surface area (TPSA) is 73.6 Å². The second-order valence-electron chi connectivity index (χ2n) is 19.2. The highest BCUT2D eigenvalue weighted by atomic mass is 16.5. The molecule has 7 heteroatoms. The van der Waals surface area contributed by atoms with Gasteiger partial charge in [0.2, 0.25) is 0 Å². The number of para-hydroxylation sites is 4. The van der Waals surface area contributed by atoms with E-state index in [0.29, 0.717) is 5.56 Å². The van der Waals surface area contributed by atoms with E-state index in [1.165, 1.54) is 32.6 Å². The average molecular weight is 931 g/mol. The third-order valence-corrected chi connectivity index (χ3v) is 15.6. The predicted octanol–water partition coefficient (Wildman–Crippen LogP) is 15.8. The van der Waals surface area contributed by atoms with Crippen LogP contribution < -0.4 is 4.74 Å². The van der Waals surface area contributed by atoms with Crippen molar-refractivity contribution in [3.63, 3.8) is 0 Å². The lowest BCUT2D eigenvalue weighted by Gasteiger charge is -2.39. The summed E-state index contributed by atoms with van der Waals surface area (Å²) in [5, 5.41) is 16.9. The average Bonchev–Trinajstić information content (AvgIpc) is 4.17. The van der Waals surface area contributed by atoms with Crippen LogP contribution in [-0.2, 0) is 5.41 Å². The molecule has 2 aliphatic rings. The van der Waals surface area contributed by atoms with Crippen LogP contribution in [0.3, 0.4) is 0 Å². The van der Waals surface area contributed by atoms with Crippen molar-refractivity contribution in [2.45, 2.75) is 5.41 Å². The summed E-state index contributed by atoms with van der Waals surface area (Å²) in [5.74, 6) is 1.57. The minimum Gasteiger partial charge on any atom is -0.457 e. The van der Waals surface area contributed by atoms with Gasteiger partial charge >= 0.3 is 0 Å². The zero-order valence-corrected chi connectivity index (χ0v) is 39.0. The van der Waals surface area contributed by atoms with Crippen LogP contribution in [0.4, 0.5) is 0 Å². The van der Waals surface area contributed by atoms with Crippen molar-refractivity contribution >= 4 is 65.4 Å². The van der Waals surface area contributed by atoms with E-state index in [2.05, 4.69) is 214 Å². The van der Waals surface area contributed by atoms with E-state index in [1.54, 1.807) is 0 Å². The fraction of sp³-hybridized carbons (Fsp3) is 0.0152. The third kappa shape index (κ3) is 5.36. The molecule has 0 unspecified atom stereocenters. The van der Waals surface area contributed by atoms with Gasteiger partial charge in [-0.05, 0) is 144 Å². The summed E-state index contributed by atoms with van der Waals surface area (Å²) in [4.78, 5) is 10.1. The molecule has 16 rings (SSSR count). The second kappa shape index (κ2) is 14.8. The van der Waals surface area contributed by atoms with E-state index in [9.17, 15) is 5.26 Å². The van der Waals surface area contributed by atoms with Gasteiger partial charge in [0, 0.05) is 72.9 Å². The Kier molecular flexibility index (Phi) is 8.04. The van der Waals surface area contributed by atoms with Gasteiger partial charge in [0.25, 0.3) is 0 Å². The quantitative estimate of drug-likeness (QED) is 0.176. The lowest BCUT2D eigenvalue weighted by molar-refractivity contribution is 0.436. The summed E-state index contributed by atoms with van der Waals surface area (Å²) in [6.45, 7) is 0. The number of nitriles is 1. The van der Waals surface area contributed by atoms with E-state index in [0.717, 1.165) is 106 Å². The van der Waals surface area contributed by atoms with Gasteiger partial charge in [-0.3, -0.25) is 9.97 Å². The minimum atomic E-state index is -0.819. The van der Waals surface area contributed by atoms with E-state index in [4.69, 9.17) is 14.7 Å². The highest BCUT2D eigenvalue weighted by Crippen LogP contribution is 2.62. The molecule has 9 aromatic carbocycles. The van der Waals surface area contributed by atoms with Crippen molar-refractivity contribution in [1.82, 2.24) is 23.7 Å². The Morgan fingerprint density at radius 3 is 1.34 bits per heavy atom. The maximum Gasteiger partial charge on any atom is 0.132 e. The van der Waals surface area contributed by atoms with Gasteiger partial charge in [-0.15, -0.1) is 0 Å². The Morgan fingerprint density at radius 1 is 0.356 bits per heavy atom. The molecule has 0 atom stereocenters. The first-order chi connectivity index (χ1) is 36.2. The van der Waals surface area contributed by atoms with E-state index < -0.39 is 5.41 Å². The summed E-state index contributed by atoms with van der Waals surface area (Å²) in [7, 11) is 0. The molecule has 6 heterocycles. The maximum atomic E-state index is 9.91. The molecule has 0 fully saturated rings. The Morgan fingerprint density at radius 2 is 0.781 bits per heavy atom. The van der Waals surface area contributed by atoms with E-state index in [-0.39, 0.29) is 0 Å². The van der Waals surface area contributed by atoms with Gasteiger partial charge in [-0.25, -0.2) is 0 Å². The molecule has 7 nitrogen and oxygen atoms in total. The monoisotopic (exact) mass is 930 g/mol. The number of ether oxygens (including phenoxy) is 1. The Labute approximate surface area is 418 Å². The van der Waals surface area contributed by atoms with Crippen molar-refractivity contribution in [2.75, 3.05) is 0 Å². The normalized spacial score (nSPS) is 13.1. The molecular weight excluding hydrogens is 893 g/mol. The van der Waals surface area contributed by atoms with Crippen LogP contribution in [0.1, 0.15) is 27.8 Å². The summed E-state index contributed by atoms with van der Waals surface area (Å²) >= 11 is 0. The van der Waals surface area contributed by atoms with Gasteiger partial charge in [0.05, 0.1) is 61.5 Å². The Hall–Kier alpha value is -10.0. The molecular formula is C66H38N6O. The predicted molar refractivity (Wildman–Crippen MR) is 293 cm³/mol. The number of hydrogen-bond donors (Lipinski definition) is 0. The third-order valence-electron chi connectivity index (χ3n) is 15.6. The zero-order valence-electron chi connectivity index (χ0n) is 39.0. The maximum absolute atomic E-state index is 9.91. The molecule has 0 bridgehead atoms. The van der Waals surface area contributed by atoms with Gasteiger partial charge in [0.15, 0.2) is 0 Å². The van der Waals surface area contributed by atoms with Crippen LogP contribution in [0.2, 0.25) is 0 Å². The molecule has 0 radical (unpaired) electrons. The van der Waals surface area contributed by atoms with Crippen LogP contribution in [0, 0.1) is 11.3 Å². The first kappa shape index (κ1) is 39.8. The molecule has 73 heavy (non-hydrogen) atoms. The van der Waals surface area contributed by atoms with Gasteiger partial charge in [-0.2, -0.15) is 5.26 Å². The van der Waals surface area contributed by atoms with Crippen LogP contribution in [-0.4, -0.2) is 23.7 Å². The largest absolute Gasteiger partial charge is 0.457 e. The first-order valence-corrected chi connectivity index (χ1v) is 24.6. The van der Waals surface area contributed by atoms with Crippen LogP contribution in [0.25, 0.3) is 105 Å². The van der Waals surface area contributed by atoms with Crippen molar-refractivity contribution in [2.24, 2.45) is 0 Å². The lowest BCUT2D eigenvalue weighted by atomic mass is 9.66. The number of nitrogens with zero attached hydrogens (tertiary/aromatic N) is 6. The number of fused-ring (bicyclic) bond motifs is 18. The van der Waals surface area contributed by atoms with Crippen LogP contribution in [0.5, 0.6) is 11.5 Å². The van der Waals surface area contributed by atoms with Crippen LogP contribution >= 0.6 is 0 Å². The molecule has 0 amide bonds. The molecule has 5 aromatic heterocycles. The fourth-order valence-corrected chi connectivity index (χ4v) is 12.6. The fourth-order valence-electron chi connectivity index (χ4n) is 12.6. The highest BCUT2D eigenvalue weighted by molar-refractivity contribution is 6.12. The molecule has 0 saturated carbocycles. The van der Waals surface area contributed by atoms with Crippen molar-refractivity contribution < 1.29 is 4.74 Å². The van der Waals surface area contributed by atoms with Gasteiger partial charge < -0.3 is 18.4 Å². The molecule has 1 aliphatic heterocycles. The van der Waals surface area contributed by atoms with Crippen molar-refractivity contribution in [3.8, 4) is 57.1 Å². The number of rotatable bonds is 4. The van der Waals surface area contributed by atoms with E-state index in [1.807, 2.05) is 36.7 Å².